The van der Waals surface area contributed by atoms with E-state index in [0.717, 1.165) is 35.4 Å². The summed E-state index contributed by atoms with van der Waals surface area (Å²) in [4.78, 5) is 4.65. The van der Waals surface area contributed by atoms with Crippen molar-refractivity contribution in [2.24, 2.45) is 4.99 Å². The van der Waals surface area contributed by atoms with Crippen molar-refractivity contribution in [3.05, 3.63) is 72.3 Å². The maximum Gasteiger partial charge on any atom is 0.120 e. The van der Waals surface area contributed by atoms with Gasteiger partial charge in [-0.05, 0) is 35.6 Å². The van der Waals surface area contributed by atoms with E-state index in [-0.39, 0.29) is 0 Å². The van der Waals surface area contributed by atoms with Gasteiger partial charge in [-0.25, -0.2) is 0 Å². The molecule has 0 aliphatic carbocycles. The van der Waals surface area contributed by atoms with Gasteiger partial charge >= 0.3 is 0 Å². The molecule has 0 atom stereocenters. The second-order valence-electron chi connectivity index (χ2n) is 5.18. The molecule has 3 aromatic rings. The average Bonchev–Trinajstić information content (AvgIpc) is 2.59. The summed E-state index contributed by atoms with van der Waals surface area (Å²) >= 11 is 0. The minimum absolute atomic E-state index is 0.737. The Morgan fingerprint density at radius 2 is 1.82 bits per heavy atom. The Morgan fingerprint density at radius 3 is 2.64 bits per heavy atom. The number of rotatable bonds is 5. The van der Waals surface area contributed by atoms with Crippen molar-refractivity contribution in [2.45, 2.75) is 13.3 Å². The average molecular weight is 289 g/mol. The summed E-state index contributed by atoms with van der Waals surface area (Å²) in [5, 5.41) is 2.29. The first-order valence-electron chi connectivity index (χ1n) is 7.61. The van der Waals surface area contributed by atoms with Crippen LogP contribution in [0.15, 0.2) is 71.7 Å². The Labute approximate surface area is 131 Å². The maximum absolute atomic E-state index is 5.73. The standard InChI is InChI=1S/C20H19NO/c1-2-13-22-18-12-11-17-9-6-10-20(19(17)14-18)21-15-16-7-4-3-5-8-16/h3-12,14-15H,2,13H2,1H3. The Morgan fingerprint density at radius 1 is 0.955 bits per heavy atom. The van der Waals surface area contributed by atoms with Crippen molar-refractivity contribution in [1.29, 1.82) is 0 Å². The molecule has 0 radical (unpaired) electrons. The van der Waals surface area contributed by atoms with Crippen LogP contribution in [0.4, 0.5) is 5.69 Å². The molecule has 0 bridgehead atoms. The summed E-state index contributed by atoms with van der Waals surface area (Å²) in [6.07, 6.45) is 2.90. The van der Waals surface area contributed by atoms with Crippen LogP contribution in [0.1, 0.15) is 18.9 Å². The van der Waals surface area contributed by atoms with E-state index in [0.29, 0.717) is 0 Å². The van der Waals surface area contributed by atoms with Gasteiger partial charge in [0.1, 0.15) is 5.75 Å². The zero-order valence-corrected chi connectivity index (χ0v) is 12.7. The Kier molecular flexibility index (Phi) is 4.50. The van der Waals surface area contributed by atoms with Crippen LogP contribution < -0.4 is 4.74 Å². The molecule has 0 heterocycles. The molecule has 110 valence electrons. The van der Waals surface area contributed by atoms with Gasteiger partial charge in [-0.15, -0.1) is 0 Å². The predicted octanol–water partition coefficient (Wildman–Crippen LogP) is 5.38. The SMILES string of the molecule is CCCOc1ccc2cccc(N=Cc3ccccc3)c2c1. The molecule has 0 unspecified atom stereocenters. The number of nitrogens with zero attached hydrogens (tertiary/aromatic N) is 1. The molecular weight excluding hydrogens is 270 g/mol. The molecule has 2 nitrogen and oxygen atoms in total. The highest BCUT2D eigenvalue weighted by atomic mass is 16.5. The monoisotopic (exact) mass is 289 g/mol. The molecule has 0 saturated carbocycles. The van der Waals surface area contributed by atoms with Gasteiger partial charge in [-0.3, -0.25) is 4.99 Å². The number of ether oxygens (including phenoxy) is 1. The third-order valence-electron chi connectivity index (χ3n) is 3.46. The lowest BCUT2D eigenvalue weighted by atomic mass is 10.1. The van der Waals surface area contributed by atoms with Gasteiger partial charge in [-0.2, -0.15) is 0 Å². The molecule has 0 aliphatic rings. The Bertz CT molecular complexity index is 778. The fraction of sp³-hybridized carbons (Fsp3) is 0.150. The highest BCUT2D eigenvalue weighted by Gasteiger charge is 2.02. The Balaban J connectivity index is 1.96. The molecule has 0 aliphatic heterocycles. The van der Waals surface area contributed by atoms with E-state index in [2.05, 4.69) is 30.1 Å². The lowest BCUT2D eigenvalue weighted by Gasteiger charge is -2.07. The van der Waals surface area contributed by atoms with Crippen LogP contribution in [0, 0.1) is 0 Å². The second-order valence-corrected chi connectivity index (χ2v) is 5.18. The third-order valence-corrected chi connectivity index (χ3v) is 3.46. The summed E-state index contributed by atoms with van der Waals surface area (Å²) in [7, 11) is 0. The van der Waals surface area contributed by atoms with Gasteiger partial charge in [0.05, 0.1) is 12.3 Å². The number of aliphatic imine (C=N–C) groups is 1. The molecule has 0 fully saturated rings. The molecule has 0 saturated heterocycles. The number of benzene rings is 3. The van der Waals surface area contributed by atoms with Crippen molar-refractivity contribution < 1.29 is 4.74 Å². The van der Waals surface area contributed by atoms with E-state index < -0.39 is 0 Å². The summed E-state index contributed by atoms with van der Waals surface area (Å²) in [6.45, 7) is 2.84. The first kappa shape index (κ1) is 14.3. The highest BCUT2D eigenvalue weighted by molar-refractivity contribution is 5.96. The van der Waals surface area contributed by atoms with E-state index >= 15 is 0 Å². The minimum Gasteiger partial charge on any atom is -0.494 e. The topological polar surface area (TPSA) is 21.6 Å². The molecule has 0 amide bonds. The predicted molar refractivity (Wildman–Crippen MR) is 93.4 cm³/mol. The van der Waals surface area contributed by atoms with Crippen LogP contribution in [0.3, 0.4) is 0 Å². The van der Waals surface area contributed by atoms with Crippen molar-refractivity contribution in [3.8, 4) is 5.75 Å². The fourth-order valence-electron chi connectivity index (χ4n) is 2.34. The van der Waals surface area contributed by atoms with Crippen LogP contribution >= 0.6 is 0 Å². The van der Waals surface area contributed by atoms with Crippen LogP contribution in [-0.4, -0.2) is 12.8 Å². The number of hydrogen-bond donors (Lipinski definition) is 0. The lowest BCUT2D eigenvalue weighted by molar-refractivity contribution is 0.318. The van der Waals surface area contributed by atoms with Gasteiger partial charge < -0.3 is 4.74 Å². The van der Waals surface area contributed by atoms with E-state index in [1.54, 1.807) is 0 Å². The molecule has 3 rings (SSSR count). The molecule has 3 aromatic carbocycles. The first-order valence-corrected chi connectivity index (χ1v) is 7.61. The lowest BCUT2D eigenvalue weighted by Crippen LogP contribution is -1.94. The van der Waals surface area contributed by atoms with E-state index in [1.165, 1.54) is 5.39 Å². The van der Waals surface area contributed by atoms with Gasteiger partial charge in [-0.1, -0.05) is 55.5 Å². The van der Waals surface area contributed by atoms with Gasteiger partial charge in [0, 0.05) is 11.6 Å². The summed E-state index contributed by atoms with van der Waals surface area (Å²) in [5.41, 5.74) is 2.06. The van der Waals surface area contributed by atoms with E-state index in [4.69, 9.17) is 4.74 Å². The third kappa shape index (κ3) is 3.34. The zero-order chi connectivity index (χ0) is 15.2. The molecule has 0 aromatic heterocycles. The largest absolute Gasteiger partial charge is 0.494 e. The molecular formula is C20H19NO. The molecule has 0 spiro atoms. The summed E-state index contributed by atoms with van der Waals surface area (Å²) < 4.78 is 5.73. The van der Waals surface area contributed by atoms with E-state index in [9.17, 15) is 0 Å². The van der Waals surface area contributed by atoms with Gasteiger partial charge in [0.25, 0.3) is 0 Å². The quantitative estimate of drug-likeness (QED) is 0.578. The van der Waals surface area contributed by atoms with Crippen LogP contribution in [0.5, 0.6) is 5.75 Å². The smallest absolute Gasteiger partial charge is 0.120 e. The summed E-state index contributed by atoms with van der Waals surface area (Å²) in [5.74, 6) is 0.900. The maximum atomic E-state index is 5.73. The molecule has 2 heteroatoms. The number of fused-ring (bicyclic) bond motifs is 1. The van der Waals surface area contributed by atoms with Crippen LogP contribution in [0.25, 0.3) is 10.8 Å². The molecule has 0 N–H and O–H groups in total. The first-order chi connectivity index (χ1) is 10.9. The van der Waals surface area contributed by atoms with E-state index in [1.807, 2.05) is 54.7 Å². The normalized spacial score (nSPS) is 11.1. The van der Waals surface area contributed by atoms with Gasteiger partial charge in [0.2, 0.25) is 0 Å². The van der Waals surface area contributed by atoms with Gasteiger partial charge in [0.15, 0.2) is 0 Å². The Hall–Kier alpha value is -2.61. The number of hydrogen-bond acceptors (Lipinski definition) is 2. The fourth-order valence-corrected chi connectivity index (χ4v) is 2.34. The van der Waals surface area contributed by atoms with Crippen molar-refractivity contribution in [3.63, 3.8) is 0 Å². The van der Waals surface area contributed by atoms with Crippen molar-refractivity contribution in [1.82, 2.24) is 0 Å². The summed E-state index contributed by atoms with van der Waals surface area (Å²) in [6, 6.07) is 22.5. The van der Waals surface area contributed by atoms with Crippen LogP contribution in [-0.2, 0) is 0 Å². The van der Waals surface area contributed by atoms with Crippen molar-refractivity contribution in [2.75, 3.05) is 6.61 Å². The minimum atomic E-state index is 0.737. The highest BCUT2D eigenvalue weighted by Crippen LogP contribution is 2.29. The van der Waals surface area contributed by atoms with Crippen molar-refractivity contribution >= 4 is 22.7 Å². The zero-order valence-electron chi connectivity index (χ0n) is 12.7. The van der Waals surface area contributed by atoms with Crippen LogP contribution in [0.2, 0.25) is 0 Å². The second kappa shape index (κ2) is 6.90. The molecule has 22 heavy (non-hydrogen) atoms.